The molecule has 1 atom stereocenters. The van der Waals surface area contributed by atoms with Gasteiger partial charge in [0, 0.05) is 24.0 Å². The predicted molar refractivity (Wildman–Crippen MR) is 93.4 cm³/mol. The van der Waals surface area contributed by atoms with Crippen LogP contribution in [0.5, 0.6) is 0 Å². The Morgan fingerprint density at radius 2 is 2.12 bits per heavy atom. The van der Waals surface area contributed by atoms with Crippen LogP contribution >= 0.6 is 0 Å². The lowest BCUT2D eigenvalue weighted by Gasteiger charge is -2.23. The third-order valence-electron chi connectivity index (χ3n) is 4.22. The number of carbonyl (C=O) groups is 1. The van der Waals surface area contributed by atoms with Crippen molar-refractivity contribution in [3.05, 3.63) is 63.7 Å². The molecule has 2 aromatic rings. The first-order valence-corrected chi connectivity index (χ1v) is 7.85. The van der Waals surface area contributed by atoms with Crippen molar-refractivity contribution in [2.24, 2.45) is 0 Å². The summed E-state index contributed by atoms with van der Waals surface area (Å²) in [6.07, 6.45) is 0.824. The molecule has 1 aliphatic rings. The molecule has 0 aromatic heterocycles. The summed E-state index contributed by atoms with van der Waals surface area (Å²) >= 11 is 0. The fourth-order valence-electron chi connectivity index (χ4n) is 2.99. The fourth-order valence-corrected chi connectivity index (χ4v) is 2.99. The molecule has 0 fully saturated rings. The largest absolute Gasteiger partial charge is 0.374 e. The normalized spacial score (nSPS) is 13.7. The number of anilines is 2. The Morgan fingerprint density at radius 3 is 2.84 bits per heavy atom. The summed E-state index contributed by atoms with van der Waals surface area (Å²) in [6, 6.07) is 13.2. The number of fused-ring (bicyclic) bond motifs is 1. The predicted octanol–water partition coefficient (Wildman–Crippen LogP) is 2.86. The van der Waals surface area contributed by atoms with Crippen LogP contribution < -0.4 is 10.2 Å². The molecule has 0 aliphatic carbocycles. The Bertz CT molecular complexity index is 888. The molecule has 0 saturated carbocycles. The van der Waals surface area contributed by atoms with Gasteiger partial charge in [-0.25, -0.2) is 0 Å². The van der Waals surface area contributed by atoms with Gasteiger partial charge in [0.05, 0.1) is 4.92 Å². The average Bonchev–Trinajstić information content (AvgIpc) is 3.04. The number of hydrogen-bond donors (Lipinski definition) is 1. The summed E-state index contributed by atoms with van der Waals surface area (Å²) in [4.78, 5) is 24.8. The number of nitrogens with one attached hydrogen (secondary N) is 1. The molecule has 1 amide bonds. The molecule has 0 saturated heterocycles. The molecule has 2 aromatic carbocycles. The van der Waals surface area contributed by atoms with E-state index in [1.165, 1.54) is 18.2 Å². The van der Waals surface area contributed by atoms with Crippen molar-refractivity contribution in [1.29, 1.82) is 5.26 Å². The van der Waals surface area contributed by atoms with Crippen LogP contribution in [0.3, 0.4) is 0 Å². The monoisotopic (exact) mass is 336 g/mol. The van der Waals surface area contributed by atoms with E-state index in [1.54, 1.807) is 11.8 Å². The maximum atomic E-state index is 12.7. The summed E-state index contributed by atoms with van der Waals surface area (Å²) in [6.45, 7) is 2.37. The molecule has 25 heavy (non-hydrogen) atoms. The first-order chi connectivity index (χ1) is 12.0. The lowest BCUT2D eigenvalue weighted by molar-refractivity contribution is -0.385. The van der Waals surface area contributed by atoms with Crippen LogP contribution in [0.2, 0.25) is 0 Å². The van der Waals surface area contributed by atoms with Crippen molar-refractivity contribution in [2.75, 3.05) is 16.8 Å². The van der Waals surface area contributed by atoms with Crippen LogP contribution in [0.1, 0.15) is 18.1 Å². The fraction of sp³-hybridized carbons (Fsp3) is 0.222. The van der Waals surface area contributed by atoms with E-state index in [4.69, 9.17) is 5.26 Å². The van der Waals surface area contributed by atoms with Crippen molar-refractivity contribution in [3.8, 4) is 6.07 Å². The summed E-state index contributed by atoms with van der Waals surface area (Å²) in [5, 5.41) is 23.0. The first-order valence-electron chi connectivity index (χ1n) is 7.85. The zero-order chi connectivity index (χ0) is 18.0. The second-order valence-corrected chi connectivity index (χ2v) is 5.84. The van der Waals surface area contributed by atoms with Gasteiger partial charge in [-0.15, -0.1) is 0 Å². The maximum Gasteiger partial charge on any atom is 0.287 e. The van der Waals surface area contributed by atoms with Gasteiger partial charge in [0.15, 0.2) is 0 Å². The van der Waals surface area contributed by atoms with E-state index in [0.29, 0.717) is 12.2 Å². The van der Waals surface area contributed by atoms with E-state index in [0.717, 1.165) is 17.7 Å². The summed E-state index contributed by atoms with van der Waals surface area (Å²) in [7, 11) is 0. The SMILES string of the molecule is CC(Nc1ccc([N+](=O)[O-])c(C#N)c1)C(=O)N1CCc2ccccc21. The zero-order valence-corrected chi connectivity index (χ0v) is 13.6. The summed E-state index contributed by atoms with van der Waals surface area (Å²) in [5.41, 5.74) is 2.27. The van der Waals surface area contributed by atoms with Crippen LogP contribution in [0.4, 0.5) is 17.1 Å². The molecule has 1 N–H and O–H groups in total. The van der Waals surface area contributed by atoms with Crippen molar-refractivity contribution >= 4 is 23.0 Å². The van der Waals surface area contributed by atoms with Crippen molar-refractivity contribution < 1.29 is 9.72 Å². The number of hydrogen-bond acceptors (Lipinski definition) is 5. The Kier molecular flexibility index (Phi) is 4.35. The van der Waals surface area contributed by atoms with E-state index >= 15 is 0 Å². The van der Waals surface area contributed by atoms with E-state index < -0.39 is 11.0 Å². The molecule has 1 heterocycles. The molecule has 3 rings (SSSR count). The van der Waals surface area contributed by atoms with Gasteiger partial charge in [-0.1, -0.05) is 18.2 Å². The molecular weight excluding hydrogens is 320 g/mol. The Hall–Kier alpha value is -3.40. The number of para-hydroxylation sites is 1. The van der Waals surface area contributed by atoms with Gasteiger partial charge >= 0.3 is 0 Å². The highest BCUT2D eigenvalue weighted by atomic mass is 16.6. The van der Waals surface area contributed by atoms with Crippen LogP contribution in [0.25, 0.3) is 0 Å². The molecule has 0 bridgehead atoms. The smallest absolute Gasteiger partial charge is 0.287 e. The minimum absolute atomic E-state index is 0.0406. The quantitative estimate of drug-likeness (QED) is 0.683. The van der Waals surface area contributed by atoms with Crippen LogP contribution in [0, 0.1) is 21.4 Å². The van der Waals surface area contributed by atoms with Gasteiger partial charge in [0.2, 0.25) is 5.91 Å². The maximum absolute atomic E-state index is 12.7. The van der Waals surface area contributed by atoms with Gasteiger partial charge in [0.1, 0.15) is 17.7 Å². The van der Waals surface area contributed by atoms with Gasteiger partial charge in [-0.05, 0) is 37.1 Å². The average molecular weight is 336 g/mol. The molecule has 0 spiro atoms. The van der Waals surface area contributed by atoms with E-state index in [-0.39, 0.29) is 17.2 Å². The number of nitro benzene ring substituents is 1. The second-order valence-electron chi connectivity index (χ2n) is 5.84. The third kappa shape index (κ3) is 3.15. The number of rotatable bonds is 4. The van der Waals surface area contributed by atoms with Crippen molar-refractivity contribution in [1.82, 2.24) is 0 Å². The van der Waals surface area contributed by atoms with Crippen LogP contribution in [0.15, 0.2) is 42.5 Å². The van der Waals surface area contributed by atoms with E-state index in [1.807, 2.05) is 30.3 Å². The minimum atomic E-state index is -0.599. The molecule has 1 unspecified atom stereocenters. The summed E-state index contributed by atoms with van der Waals surface area (Å²) < 4.78 is 0. The molecule has 126 valence electrons. The Labute approximate surface area is 144 Å². The van der Waals surface area contributed by atoms with Gasteiger partial charge in [-0.2, -0.15) is 5.26 Å². The number of nitrogens with zero attached hydrogens (tertiary/aromatic N) is 3. The Balaban J connectivity index is 1.77. The molecular formula is C18H16N4O3. The highest BCUT2D eigenvalue weighted by molar-refractivity contribution is 6.00. The first kappa shape index (κ1) is 16.5. The van der Waals surface area contributed by atoms with Gasteiger partial charge < -0.3 is 10.2 Å². The molecule has 7 nitrogen and oxygen atoms in total. The van der Waals surface area contributed by atoms with Gasteiger partial charge in [0.25, 0.3) is 5.69 Å². The number of nitriles is 1. The van der Waals surface area contributed by atoms with Crippen molar-refractivity contribution in [3.63, 3.8) is 0 Å². The summed E-state index contributed by atoms with van der Waals surface area (Å²) in [5.74, 6) is -0.0817. The highest BCUT2D eigenvalue weighted by Gasteiger charge is 2.27. The zero-order valence-electron chi connectivity index (χ0n) is 13.6. The molecule has 7 heteroatoms. The minimum Gasteiger partial charge on any atom is -0.374 e. The topological polar surface area (TPSA) is 99.3 Å². The van der Waals surface area contributed by atoms with E-state index in [2.05, 4.69) is 5.32 Å². The molecule has 1 aliphatic heterocycles. The van der Waals surface area contributed by atoms with Crippen molar-refractivity contribution in [2.45, 2.75) is 19.4 Å². The number of nitro groups is 1. The number of carbonyl (C=O) groups excluding carboxylic acids is 1. The lowest BCUT2D eigenvalue weighted by Crippen LogP contribution is -2.40. The Morgan fingerprint density at radius 1 is 1.36 bits per heavy atom. The van der Waals surface area contributed by atoms with Crippen LogP contribution in [-0.4, -0.2) is 23.4 Å². The molecule has 0 radical (unpaired) electrons. The van der Waals surface area contributed by atoms with E-state index in [9.17, 15) is 14.9 Å². The van der Waals surface area contributed by atoms with Crippen LogP contribution in [-0.2, 0) is 11.2 Å². The second kappa shape index (κ2) is 6.61. The third-order valence-corrected chi connectivity index (χ3v) is 4.22. The number of amides is 1. The highest BCUT2D eigenvalue weighted by Crippen LogP contribution is 2.28. The van der Waals surface area contributed by atoms with Gasteiger partial charge in [-0.3, -0.25) is 14.9 Å². The number of benzene rings is 2. The standard InChI is InChI=1S/C18H16N4O3/c1-12(18(23)21-9-8-13-4-2-3-5-16(13)21)20-15-6-7-17(22(24)25)14(10-15)11-19/h2-7,10,12,20H,8-9H2,1H3. The lowest BCUT2D eigenvalue weighted by atomic mass is 10.1.